The van der Waals surface area contributed by atoms with Gasteiger partial charge in [0, 0.05) is 30.9 Å². The summed E-state index contributed by atoms with van der Waals surface area (Å²) in [6.07, 6.45) is 1.17. The highest BCUT2D eigenvalue weighted by Gasteiger charge is 2.09. The molecule has 0 aliphatic heterocycles. The number of carbonyl (C=O) groups is 2. The second-order valence-electron chi connectivity index (χ2n) is 6.03. The molecule has 2 rings (SSSR count). The van der Waals surface area contributed by atoms with Crippen LogP contribution in [0.15, 0.2) is 54.6 Å². The normalized spacial score (nSPS) is 10.2. The van der Waals surface area contributed by atoms with Gasteiger partial charge in [-0.25, -0.2) is 0 Å². The molecule has 0 saturated carbocycles. The average molecular weight is 353 g/mol. The minimum atomic E-state index is -0.00808. The maximum Gasteiger partial charge on any atom is 0.241 e. The zero-order chi connectivity index (χ0) is 18.8. The maximum atomic E-state index is 12.0. The molecule has 0 aromatic heterocycles. The molecule has 0 atom stereocenters. The molecule has 2 aromatic carbocycles. The van der Waals surface area contributed by atoms with Crippen LogP contribution in [0.4, 0.5) is 11.4 Å². The largest absolute Gasteiger partial charge is 0.376 e. The van der Waals surface area contributed by atoms with E-state index in [4.69, 9.17) is 0 Å². The van der Waals surface area contributed by atoms with Gasteiger partial charge in [-0.2, -0.15) is 0 Å². The van der Waals surface area contributed by atoms with Gasteiger partial charge in [0.1, 0.15) is 0 Å². The number of hydrogen-bond acceptors (Lipinski definition) is 3. The van der Waals surface area contributed by atoms with E-state index in [1.54, 1.807) is 4.90 Å². The summed E-state index contributed by atoms with van der Waals surface area (Å²) in [5.41, 5.74) is 2.76. The van der Waals surface area contributed by atoms with Crippen LogP contribution < -0.4 is 10.6 Å². The number of rotatable bonds is 9. The Hall–Kier alpha value is -2.82. The molecule has 2 aromatic rings. The third-order valence-corrected chi connectivity index (χ3v) is 4.21. The van der Waals surface area contributed by atoms with Gasteiger partial charge in [0.05, 0.1) is 6.54 Å². The van der Waals surface area contributed by atoms with Gasteiger partial charge in [0.25, 0.3) is 0 Å². The van der Waals surface area contributed by atoms with Crippen molar-refractivity contribution in [2.24, 2.45) is 0 Å². The van der Waals surface area contributed by atoms with Crippen molar-refractivity contribution in [3.8, 4) is 0 Å². The lowest BCUT2D eigenvalue weighted by Crippen LogP contribution is -2.35. The van der Waals surface area contributed by atoms with E-state index in [1.807, 2.05) is 68.4 Å². The first kappa shape index (κ1) is 19.5. The van der Waals surface area contributed by atoms with Gasteiger partial charge in [-0.3, -0.25) is 9.59 Å². The molecule has 0 fully saturated rings. The van der Waals surface area contributed by atoms with E-state index in [1.165, 1.54) is 0 Å². The van der Waals surface area contributed by atoms with Crippen molar-refractivity contribution in [2.75, 3.05) is 30.3 Å². The van der Waals surface area contributed by atoms with Crippen LogP contribution in [-0.2, 0) is 16.0 Å². The fourth-order valence-corrected chi connectivity index (χ4v) is 2.66. The Bertz CT molecular complexity index is 695. The average Bonchev–Trinajstić information content (AvgIpc) is 2.67. The molecular formula is C21H27N3O2. The number of aryl methyl sites for hydroxylation is 1. The third kappa shape index (κ3) is 6.24. The molecule has 0 aliphatic carbocycles. The number of nitrogens with zero attached hydrogens (tertiary/aromatic N) is 1. The molecule has 0 heterocycles. The van der Waals surface area contributed by atoms with E-state index < -0.39 is 0 Å². The number of hydrogen-bond donors (Lipinski definition) is 2. The van der Waals surface area contributed by atoms with Crippen LogP contribution in [-0.4, -0.2) is 36.3 Å². The van der Waals surface area contributed by atoms with Gasteiger partial charge in [-0.05, 0) is 50.1 Å². The number of carbonyl (C=O) groups excluding carboxylic acids is 2. The quantitative estimate of drug-likeness (QED) is 0.725. The Labute approximate surface area is 155 Å². The molecule has 5 heteroatoms. The second-order valence-corrected chi connectivity index (χ2v) is 6.03. The fourth-order valence-electron chi connectivity index (χ4n) is 2.66. The Morgan fingerprint density at radius 1 is 0.885 bits per heavy atom. The van der Waals surface area contributed by atoms with Gasteiger partial charge >= 0.3 is 0 Å². The van der Waals surface area contributed by atoms with Crippen LogP contribution >= 0.6 is 0 Å². The molecule has 0 aliphatic rings. The van der Waals surface area contributed by atoms with Crippen molar-refractivity contribution in [3.63, 3.8) is 0 Å². The summed E-state index contributed by atoms with van der Waals surface area (Å²) in [7, 11) is 0. The number of likely N-dealkylation sites (N-methyl/N-ethyl adjacent to an activating group) is 1. The van der Waals surface area contributed by atoms with Crippen LogP contribution in [0.25, 0.3) is 0 Å². The molecule has 0 spiro atoms. The summed E-state index contributed by atoms with van der Waals surface area (Å²) in [5, 5.41) is 6.02. The van der Waals surface area contributed by atoms with E-state index in [-0.39, 0.29) is 18.4 Å². The van der Waals surface area contributed by atoms with Gasteiger partial charge in [-0.1, -0.05) is 30.3 Å². The Morgan fingerprint density at radius 2 is 1.50 bits per heavy atom. The lowest BCUT2D eigenvalue weighted by atomic mass is 10.1. The SMILES string of the molecule is CCN(CC)C(=O)CNc1ccc(NC(=O)CCc2ccccc2)cc1. The highest BCUT2D eigenvalue weighted by atomic mass is 16.2. The summed E-state index contributed by atoms with van der Waals surface area (Å²) >= 11 is 0. The molecule has 0 bridgehead atoms. The predicted molar refractivity (Wildman–Crippen MR) is 106 cm³/mol. The van der Waals surface area contributed by atoms with Crippen molar-refractivity contribution in [2.45, 2.75) is 26.7 Å². The van der Waals surface area contributed by atoms with Crippen molar-refractivity contribution in [1.82, 2.24) is 4.90 Å². The summed E-state index contributed by atoms with van der Waals surface area (Å²) in [5.74, 6) is 0.0690. The summed E-state index contributed by atoms with van der Waals surface area (Å²) < 4.78 is 0. The van der Waals surface area contributed by atoms with E-state index in [2.05, 4.69) is 10.6 Å². The van der Waals surface area contributed by atoms with Gasteiger partial charge < -0.3 is 15.5 Å². The minimum absolute atomic E-state index is 0.00808. The van der Waals surface area contributed by atoms with Crippen molar-refractivity contribution in [3.05, 3.63) is 60.2 Å². The highest BCUT2D eigenvalue weighted by Crippen LogP contribution is 2.14. The van der Waals surface area contributed by atoms with Crippen LogP contribution in [0, 0.1) is 0 Å². The molecule has 0 saturated heterocycles. The van der Waals surface area contributed by atoms with E-state index >= 15 is 0 Å². The molecule has 138 valence electrons. The summed E-state index contributed by atoms with van der Waals surface area (Å²) in [6.45, 7) is 5.63. The first-order valence-corrected chi connectivity index (χ1v) is 9.07. The zero-order valence-electron chi connectivity index (χ0n) is 15.5. The highest BCUT2D eigenvalue weighted by molar-refractivity contribution is 5.91. The predicted octanol–water partition coefficient (Wildman–Crippen LogP) is 3.54. The third-order valence-electron chi connectivity index (χ3n) is 4.21. The van der Waals surface area contributed by atoms with E-state index in [0.29, 0.717) is 19.5 Å². The van der Waals surface area contributed by atoms with E-state index in [9.17, 15) is 9.59 Å². The van der Waals surface area contributed by atoms with Gasteiger partial charge in [-0.15, -0.1) is 0 Å². The van der Waals surface area contributed by atoms with Crippen molar-refractivity contribution in [1.29, 1.82) is 0 Å². The maximum absolute atomic E-state index is 12.0. The fraction of sp³-hybridized carbons (Fsp3) is 0.333. The van der Waals surface area contributed by atoms with Crippen LogP contribution in [0.3, 0.4) is 0 Å². The monoisotopic (exact) mass is 353 g/mol. The molecule has 5 nitrogen and oxygen atoms in total. The Kier molecular flexibility index (Phi) is 7.68. The second kappa shape index (κ2) is 10.2. The lowest BCUT2D eigenvalue weighted by Gasteiger charge is -2.19. The first-order valence-electron chi connectivity index (χ1n) is 9.07. The van der Waals surface area contributed by atoms with Crippen LogP contribution in [0.2, 0.25) is 0 Å². The summed E-state index contributed by atoms with van der Waals surface area (Å²) in [6, 6.07) is 17.4. The van der Waals surface area contributed by atoms with Crippen molar-refractivity contribution < 1.29 is 9.59 Å². The molecule has 26 heavy (non-hydrogen) atoms. The number of anilines is 2. The molecular weight excluding hydrogens is 326 g/mol. The first-order chi connectivity index (χ1) is 12.6. The zero-order valence-corrected chi connectivity index (χ0v) is 15.5. The Morgan fingerprint density at radius 3 is 2.12 bits per heavy atom. The van der Waals surface area contributed by atoms with E-state index in [0.717, 1.165) is 23.4 Å². The molecule has 2 N–H and O–H groups in total. The standard InChI is InChI=1S/C21H27N3O2/c1-3-24(4-2)21(26)16-22-18-11-13-19(14-12-18)23-20(25)15-10-17-8-6-5-7-9-17/h5-9,11-14,22H,3-4,10,15-16H2,1-2H3,(H,23,25). The summed E-state index contributed by atoms with van der Waals surface area (Å²) in [4.78, 5) is 25.8. The van der Waals surface area contributed by atoms with Gasteiger partial charge in [0.2, 0.25) is 11.8 Å². The van der Waals surface area contributed by atoms with Crippen molar-refractivity contribution >= 4 is 23.2 Å². The van der Waals surface area contributed by atoms with Gasteiger partial charge in [0.15, 0.2) is 0 Å². The lowest BCUT2D eigenvalue weighted by molar-refractivity contribution is -0.128. The number of nitrogens with one attached hydrogen (secondary N) is 2. The molecule has 2 amide bonds. The van der Waals surface area contributed by atoms with Crippen LogP contribution in [0.1, 0.15) is 25.8 Å². The number of benzene rings is 2. The molecule has 0 unspecified atom stereocenters. The minimum Gasteiger partial charge on any atom is -0.376 e. The molecule has 0 radical (unpaired) electrons. The Balaban J connectivity index is 1.77. The number of amides is 2. The van der Waals surface area contributed by atoms with Crippen LogP contribution in [0.5, 0.6) is 0 Å². The smallest absolute Gasteiger partial charge is 0.241 e. The topological polar surface area (TPSA) is 61.4 Å².